The van der Waals surface area contributed by atoms with Crippen molar-refractivity contribution in [3.8, 4) is 0 Å². The fraction of sp³-hybridized carbons (Fsp3) is 0.250. The Balaban J connectivity index is 1.52. The topological polar surface area (TPSA) is 92.5 Å². The van der Waals surface area contributed by atoms with Gasteiger partial charge in [0.1, 0.15) is 10.5 Å². The number of para-hydroxylation sites is 1. The van der Waals surface area contributed by atoms with Crippen LogP contribution < -0.4 is 9.62 Å². The molecule has 0 radical (unpaired) electrons. The second-order valence-electron chi connectivity index (χ2n) is 8.45. The Bertz CT molecular complexity index is 1480. The maximum atomic E-state index is 13.1. The van der Waals surface area contributed by atoms with Crippen molar-refractivity contribution in [2.75, 3.05) is 19.0 Å². The van der Waals surface area contributed by atoms with E-state index < -0.39 is 15.9 Å². The van der Waals surface area contributed by atoms with Crippen molar-refractivity contribution in [3.05, 3.63) is 65.5 Å². The van der Waals surface area contributed by atoms with E-state index in [9.17, 15) is 13.2 Å². The first-order valence-electron chi connectivity index (χ1n) is 10.4. The zero-order valence-corrected chi connectivity index (χ0v) is 18.9. The summed E-state index contributed by atoms with van der Waals surface area (Å²) in [5, 5.41) is 1.45. The largest absolute Gasteiger partial charge is 0.451 e. The molecule has 0 atom stereocenters. The first-order chi connectivity index (χ1) is 15.2. The van der Waals surface area contributed by atoms with Crippen molar-refractivity contribution in [1.82, 2.24) is 9.71 Å². The highest BCUT2D eigenvalue weighted by atomic mass is 32.2. The number of carbonyl (C=O) groups is 1. The number of amides is 1. The number of benzene rings is 2. The third kappa shape index (κ3) is 3.60. The summed E-state index contributed by atoms with van der Waals surface area (Å²) in [4.78, 5) is 19.2. The van der Waals surface area contributed by atoms with Crippen molar-refractivity contribution in [2.45, 2.75) is 30.6 Å². The summed E-state index contributed by atoms with van der Waals surface area (Å²) in [6.45, 7) is 1.79. The van der Waals surface area contributed by atoms with Gasteiger partial charge < -0.3 is 9.32 Å². The molecule has 4 aromatic rings. The van der Waals surface area contributed by atoms with Gasteiger partial charge in [-0.2, -0.15) is 0 Å². The van der Waals surface area contributed by atoms with Gasteiger partial charge in [0, 0.05) is 36.2 Å². The van der Waals surface area contributed by atoms with Gasteiger partial charge in [0.05, 0.1) is 5.52 Å². The van der Waals surface area contributed by atoms with Gasteiger partial charge >= 0.3 is 5.91 Å². The lowest BCUT2D eigenvalue weighted by Crippen LogP contribution is -2.30. The van der Waals surface area contributed by atoms with Crippen LogP contribution in [-0.2, 0) is 10.0 Å². The standard InChI is InChI=1S/C24H23N3O4S/c1-14-7-8-16-5-4-6-22(23(16)25-14)32(29,30)26-24(28)21-13-18-19(27(2)3)11-17(15-9-10-15)12-20(18)31-21/h4-8,11-13,15H,9-10H2,1-3H3,(H,26,28). The lowest BCUT2D eigenvalue weighted by atomic mass is 10.1. The van der Waals surface area contributed by atoms with Crippen LogP contribution in [0, 0.1) is 6.92 Å². The molecule has 164 valence electrons. The number of nitrogens with zero attached hydrogens (tertiary/aromatic N) is 2. The molecule has 2 heterocycles. The molecule has 1 N–H and O–H groups in total. The van der Waals surface area contributed by atoms with E-state index in [-0.39, 0.29) is 10.7 Å². The fourth-order valence-corrected chi connectivity index (χ4v) is 5.07. The molecule has 7 nitrogen and oxygen atoms in total. The Kier molecular flexibility index (Phi) is 4.70. The van der Waals surface area contributed by atoms with Gasteiger partial charge in [-0.05, 0) is 61.6 Å². The van der Waals surface area contributed by atoms with Crippen LogP contribution in [0.1, 0.15) is 40.6 Å². The van der Waals surface area contributed by atoms with Crippen LogP contribution in [-0.4, -0.2) is 33.4 Å². The van der Waals surface area contributed by atoms with Crippen molar-refractivity contribution < 1.29 is 17.6 Å². The average Bonchev–Trinajstić information content (AvgIpc) is 3.50. The Morgan fingerprint density at radius 2 is 1.91 bits per heavy atom. The van der Waals surface area contributed by atoms with Gasteiger partial charge in [0.15, 0.2) is 5.76 Å². The summed E-state index contributed by atoms with van der Waals surface area (Å²) in [5.74, 6) is -0.351. The normalized spacial score (nSPS) is 14.1. The molecule has 32 heavy (non-hydrogen) atoms. The quantitative estimate of drug-likeness (QED) is 0.487. The van der Waals surface area contributed by atoms with E-state index in [0.29, 0.717) is 28.1 Å². The molecule has 0 unspecified atom stereocenters. The minimum atomic E-state index is -4.16. The number of nitrogens with one attached hydrogen (secondary N) is 1. The molecule has 8 heteroatoms. The van der Waals surface area contributed by atoms with Gasteiger partial charge in [-0.1, -0.05) is 18.2 Å². The van der Waals surface area contributed by atoms with E-state index >= 15 is 0 Å². The van der Waals surface area contributed by atoms with Crippen LogP contribution in [0.25, 0.3) is 21.9 Å². The number of anilines is 1. The maximum absolute atomic E-state index is 13.1. The average molecular weight is 450 g/mol. The number of pyridine rings is 1. The zero-order chi connectivity index (χ0) is 22.6. The molecule has 1 aliphatic carbocycles. The molecule has 5 rings (SSSR count). The van der Waals surface area contributed by atoms with Crippen LogP contribution in [0.5, 0.6) is 0 Å². The Morgan fingerprint density at radius 3 is 2.62 bits per heavy atom. The number of fused-ring (bicyclic) bond motifs is 2. The lowest BCUT2D eigenvalue weighted by molar-refractivity contribution is 0.0956. The second-order valence-corrected chi connectivity index (χ2v) is 10.1. The Morgan fingerprint density at radius 1 is 1.12 bits per heavy atom. The maximum Gasteiger partial charge on any atom is 0.300 e. The van der Waals surface area contributed by atoms with Crippen molar-refractivity contribution in [2.24, 2.45) is 0 Å². The molecular weight excluding hydrogens is 426 g/mol. The van der Waals surface area contributed by atoms with E-state index in [1.807, 2.05) is 31.1 Å². The second kappa shape index (κ2) is 7.34. The predicted octanol–water partition coefficient (Wildman–Crippen LogP) is 4.35. The van der Waals surface area contributed by atoms with Crippen molar-refractivity contribution in [1.29, 1.82) is 0 Å². The molecule has 1 fully saturated rings. The highest BCUT2D eigenvalue weighted by Gasteiger charge is 2.27. The fourth-order valence-electron chi connectivity index (χ4n) is 3.94. The molecular formula is C24H23N3O4S. The number of furan rings is 1. The van der Waals surface area contributed by atoms with Gasteiger partial charge in [-0.15, -0.1) is 0 Å². The number of rotatable bonds is 5. The van der Waals surface area contributed by atoms with Crippen molar-refractivity contribution in [3.63, 3.8) is 0 Å². The Hall–Kier alpha value is -3.39. The molecule has 1 saturated carbocycles. The summed E-state index contributed by atoms with van der Waals surface area (Å²) in [7, 11) is -0.302. The molecule has 0 bridgehead atoms. The summed E-state index contributed by atoms with van der Waals surface area (Å²) >= 11 is 0. The SMILES string of the molecule is Cc1ccc2cccc(S(=O)(=O)NC(=O)c3cc4c(N(C)C)cc(C5CC5)cc4o3)c2n1. The third-order valence-electron chi connectivity index (χ3n) is 5.73. The predicted molar refractivity (Wildman–Crippen MR) is 124 cm³/mol. The molecule has 0 spiro atoms. The highest BCUT2D eigenvalue weighted by molar-refractivity contribution is 7.90. The van der Waals surface area contributed by atoms with E-state index in [0.717, 1.165) is 23.9 Å². The molecule has 0 saturated heterocycles. The zero-order valence-electron chi connectivity index (χ0n) is 18.0. The van der Waals surface area contributed by atoms with Gasteiger partial charge in [0.25, 0.3) is 10.0 Å². The number of sulfonamides is 1. The highest BCUT2D eigenvalue weighted by Crippen LogP contribution is 2.43. The molecule has 2 aromatic heterocycles. The third-order valence-corrected chi connectivity index (χ3v) is 7.09. The van der Waals surface area contributed by atoms with Crippen LogP contribution in [0.4, 0.5) is 5.69 Å². The number of hydrogen-bond donors (Lipinski definition) is 1. The van der Waals surface area contributed by atoms with Gasteiger partial charge in [0.2, 0.25) is 0 Å². The molecule has 0 aliphatic heterocycles. The smallest absolute Gasteiger partial charge is 0.300 e. The number of carbonyl (C=O) groups excluding carboxylic acids is 1. The van der Waals surface area contributed by atoms with E-state index in [1.165, 1.54) is 11.6 Å². The number of aryl methyl sites for hydroxylation is 1. The van der Waals surface area contributed by atoms with Crippen LogP contribution >= 0.6 is 0 Å². The number of hydrogen-bond acceptors (Lipinski definition) is 6. The summed E-state index contributed by atoms with van der Waals surface area (Å²) in [6.07, 6.45) is 2.28. The number of aromatic nitrogens is 1. The summed E-state index contributed by atoms with van der Waals surface area (Å²) in [6, 6.07) is 14.1. The van der Waals surface area contributed by atoms with E-state index in [2.05, 4.69) is 15.8 Å². The summed E-state index contributed by atoms with van der Waals surface area (Å²) < 4.78 is 34.1. The van der Waals surface area contributed by atoms with Crippen LogP contribution in [0.2, 0.25) is 0 Å². The van der Waals surface area contributed by atoms with Gasteiger partial charge in [-0.25, -0.2) is 13.1 Å². The van der Waals surface area contributed by atoms with Crippen molar-refractivity contribution >= 4 is 43.5 Å². The first-order valence-corrected chi connectivity index (χ1v) is 11.9. The molecule has 1 aliphatic rings. The van der Waals surface area contributed by atoms with Gasteiger partial charge in [-0.3, -0.25) is 9.78 Å². The molecule has 2 aromatic carbocycles. The Labute approximate surface area is 186 Å². The first kappa shape index (κ1) is 20.5. The summed E-state index contributed by atoms with van der Waals surface area (Å²) in [5.41, 5.74) is 3.69. The lowest BCUT2D eigenvalue weighted by Gasteiger charge is -2.14. The van der Waals surface area contributed by atoms with E-state index in [4.69, 9.17) is 4.42 Å². The van der Waals surface area contributed by atoms with Crippen LogP contribution in [0.3, 0.4) is 0 Å². The minimum Gasteiger partial charge on any atom is -0.451 e. The minimum absolute atomic E-state index is 0.0480. The van der Waals surface area contributed by atoms with Crippen LogP contribution in [0.15, 0.2) is 57.8 Å². The molecule has 1 amide bonds. The monoisotopic (exact) mass is 449 g/mol. The van der Waals surface area contributed by atoms with E-state index in [1.54, 1.807) is 31.2 Å².